The van der Waals surface area contributed by atoms with Crippen LogP contribution in [0.2, 0.25) is 0 Å². The van der Waals surface area contributed by atoms with Crippen molar-refractivity contribution in [2.45, 2.75) is 18.8 Å². The third-order valence-corrected chi connectivity index (χ3v) is 5.70. The van der Waals surface area contributed by atoms with Crippen molar-refractivity contribution in [2.24, 2.45) is 0 Å². The van der Waals surface area contributed by atoms with Crippen molar-refractivity contribution >= 4 is 11.4 Å². The van der Waals surface area contributed by atoms with Gasteiger partial charge in [0, 0.05) is 17.3 Å². The zero-order valence-corrected chi connectivity index (χ0v) is 15.8. The highest BCUT2D eigenvalue weighted by Gasteiger charge is 2.23. The van der Waals surface area contributed by atoms with E-state index in [0.29, 0.717) is 5.92 Å². The van der Waals surface area contributed by atoms with E-state index in [2.05, 4.69) is 102 Å². The van der Waals surface area contributed by atoms with Crippen molar-refractivity contribution in [1.82, 2.24) is 0 Å². The van der Waals surface area contributed by atoms with Gasteiger partial charge >= 0.3 is 0 Å². The summed E-state index contributed by atoms with van der Waals surface area (Å²) >= 11 is 0. The average molecular weight is 361 g/mol. The fraction of sp³-hybridized carbons (Fsp3) is 0.111. The first-order valence-electron chi connectivity index (χ1n) is 9.98. The van der Waals surface area contributed by atoms with Gasteiger partial charge in [0.15, 0.2) is 0 Å². The molecule has 4 aromatic rings. The van der Waals surface area contributed by atoms with Gasteiger partial charge in [-0.1, -0.05) is 78.9 Å². The first-order valence-corrected chi connectivity index (χ1v) is 9.98. The lowest BCUT2D eigenvalue weighted by Crippen LogP contribution is -2.01. The van der Waals surface area contributed by atoms with Crippen LogP contribution in [-0.2, 0) is 6.42 Å². The zero-order chi connectivity index (χ0) is 18.8. The summed E-state index contributed by atoms with van der Waals surface area (Å²) in [6, 6.07) is 37.0. The van der Waals surface area contributed by atoms with Crippen LogP contribution in [0.5, 0.6) is 0 Å². The van der Waals surface area contributed by atoms with Gasteiger partial charge in [-0.15, -0.1) is 0 Å². The van der Waals surface area contributed by atoms with Crippen LogP contribution >= 0.6 is 0 Å². The van der Waals surface area contributed by atoms with Crippen LogP contribution in [0, 0.1) is 0 Å². The van der Waals surface area contributed by atoms with Crippen LogP contribution in [0.4, 0.5) is 11.4 Å². The van der Waals surface area contributed by atoms with Gasteiger partial charge in [0.05, 0.1) is 0 Å². The standard InChI is InChI=1S/C27H23N/c1-3-9-20(10-4-1)24-17-15-21-19-23(28-22-11-5-2-6-12-22)16-18-25(21)27-14-8-7-13-26(24)27/h1-14,16,18-19,24,28H,15,17H2. The Kier molecular flexibility index (Phi) is 4.42. The van der Waals surface area contributed by atoms with Gasteiger partial charge in [0.25, 0.3) is 0 Å². The Morgan fingerprint density at radius 2 is 1.32 bits per heavy atom. The molecule has 1 aliphatic carbocycles. The summed E-state index contributed by atoms with van der Waals surface area (Å²) in [5.41, 5.74) is 9.29. The molecule has 28 heavy (non-hydrogen) atoms. The van der Waals surface area contributed by atoms with Crippen molar-refractivity contribution in [3.8, 4) is 11.1 Å². The fourth-order valence-corrected chi connectivity index (χ4v) is 4.36. The second-order valence-electron chi connectivity index (χ2n) is 7.45. The molecule has 0 fully saturated rings. The number of aryl methyl sites for hydroxylation is 1. The van der Waals surface area contributed by atoms with E-state index in [1.54, 1.807) is 0 Å². The molecule has 1 heteroatoms. The van der Waals surface area contributed by atoms with Gasteiger partial charge in [-0.25, -0.2) is 0 Å². The van der Waals surface area contributed by atoms with Crippen LogP contribution in [0.15, 0.2) is 103 Å². The maximum Gasteiger partial charge on any atom is 0.0387 e. The summed E-state index contributed by atoms with van der Waals surface area (Å²) < 4.78 is 0. The number of hydrogen-bond donors (Lipinski definition) is 1. The third kappa shape index (κ3) is 3.20. The summed E-state index contributed by atoms with van der Waals surface area (Å²) in [6.45, 7) is 0. The molecule has 1 N–H and O–H groups in total. The maximum atomic E-state index is 3.54. The number of anilines is 2. The first kappa shape index (κ1) is 16.8. The maximum absolute atomic E-state index is 3.54. The van der Waals surface area contributed by atoms with E-state index in [9.17, 15) is 0 Å². The van der Waals surface area contributed by atoms with Gasteiger partial charge < -0.3 is 5.32 Å². The minimum Gasteiger partial charge on any atom is -0.356 e. The molecule has 4 aromatic carbocycles. The Balaban J connectivity index is 1.55. The van der Waals surface area contributed by atoms with Crippen LogP contribution in [-0.4, -0.2) is 0 Å². The SMILES string of the molecule is c1ccc(Nc2ccc3c(c2)CCC(c2ccccc2)c2ccccc2-3)cc1. The number of nitrogens with one attached hydrogen (secondary N) is 1. The lowest BCUT2D eigenvalue weighted by molar-refractivity contribution is 0.726. The minimum absolute atomic E-state index is 0.440. The van der Waals surface area contributed by atoms with Gasteiger partial charge in [-0.2, -0.15) is 0 Å². The van der Waals surface area contributed by atoms with Crippen LogP contribution < -0.4 is 5.32 Å². The Hall–Kier alpha value is -3.32. The predicted octanol–water partition coefficient (Wildman–Crippen LogP) is 7.18. The van der Waals surface area contributed by atoms with Gasteiger partial charge in [-0.3, -0.25) is 0 Å². The highest BCUT2D eigenvalue weighted by atomic mass is 14.9. The molecule has 0 amide bonds. The van der Waals surface area contributed by atoms with Crippen molar-refractivity contribution < 1.29 is 0 Å². The topological polar surface area (TPSA) is 12.0 Å². The van der Waals surface area contributed by atoms with Crippen molar-refractivity contribution in [2.75, 3.05) is 5.32 Å². The van der Waals surface area contributed by atoms with Gasteiger partial charge in [0.1, 0.15) is 0 Å². The van der Waals surface area contributed by atoms with E-state index in [0.717, 1.165) is 24.2 Å². The first-order chi connectivity index (χ1) is 13.9. The van der Waals surface area contributed by atoms with Crippen LogP contribution in [0.25, 0.3) is 11.1 Å². The molecule has 0 saturated heterocycles. The number of fused-ring (bicyclic) bond motifs is 3. The zero-order valence-electron chi connectivity index (χ0n) is 15.8. The van der Waals surface area contributed by atoms with Crippen molar-refractivity contribution in [1.29, 1.82) is 0 Å². The molecule has 1 aliphatic rings. The Labute approximate surface area is 166 Å². The largest absolute Gasteiger partial charge is 0.356 e. The van der Waals surface area contributed by atoms with E-state index in [1.165, 1.54) is 27.8 Å². The average Bonchev–Trinajstić information content (AvgIpc) is 2.92. The summed E-state index contributed by atoms with van der Waals surface area (Å²) in [6.07, 6.45) is 2.21. The number of para-hydroxylation sites is 1. The monoisotopic (exact) mass is 361 g/mol. The second kappa shape index (κ2) is 7.36. The van der Waals surface area contributed by atoms with E-state index in [-0.39, 0.29) is 0 Å². The van der Waals surface area contributed by atoms with Crippen molar-refractivity contribution in [3.05, 3.63) is 120 Å². The highest BCUT2D eigenvalue weighted by molar-refractivity contribution is 5.76. The Bertz CT molecular complexity index is 1080. The van der Waals surface area contributed by atoms with E-state index >= 15 is 0 Å². The molecular formula is C27H23N. The third-order valence-electron chi connectivity index (χ3n) is 5.70. The van der Waals surface area contributed by atoms with E-state index in [1.807, 2.05) is 6.07 Å². The molecule has 0 bridgehead atoms. The molecule has 0 saturated carbocycles. The summed E-state index contributed by atoms with van der Waals surface area (Å²) in [5.74, 6) is 0.440. The van der Waals surface area contributed by atoms with Gasteiger partial charge in [-0.05, 0) is 64.9 Å². The smallest absolute Gasteiger partial charge is 0.0387 e. The molecule has 1 atom stereocenters. The quantitative estimate of drug-likeness (QED) is 0.408. The lowest BCUT2D eigenvalue weighted by atomic mass is 9.86. The molecule has 0 aliphatic heterocycles. The molecule has 5 rings (SSSR count). The van der Waals surface area contributed by atoms with E-state index < -0.39 is 0 Å². The summed E-state index contributed by atoms with van der Waals surface area (Å²) in [4.78, 5) is 0. The lowest BCUT2D eigenvalue weighted by Gasteiger charge is -2.18. The van der Waals surface area contributed by atoms with Crippen LogP contribution in [0.1, 0.15) is 29.0 Å². The molecule has 1 unspecified atom stereocenters. The van der Waals surface area contributed by atoms with E-state index in [4.69, 9.17) is 0 Å². The molecule has 0 aromatic heterocycles. The number of hydrogen-bond acceptors (Lipinski definition) is 1. The second-order valence-corrected chi connectivity index (χ2v) is 7.45. The van der Waals surface area contributed by atoms with Crippen molar-refractivity contribution in [3.63, 3.8) is 0 Å². The van der Waals surface area contributed by atoms with Crippen LogP contribution in [0.3, 0.4) is 0 Å². The molecular weight excluding hydrogens is 338 g/mol. The van der Waals surface area contributed by atoms with Gasteiger partial charge in [0.2, 0.25) is 0 Å². The highest BCUT2D eigenvalue weighted by Crippen LogP contribution is 2.42. The fourth-order valence-electron chi connectivity index (χ4n) is 4.36. The normalized spacial score (nSPS) is 15.2. The minimum atomic E-state index is 0.440. The number of rotatable bonds is 3. The molecule has 0 spiro atoms. The predicted molar refractivity (Wildman–Crippen MR) is 118 cm³/mol. The molecule has 1 nitrogen and oxygen atoms in total. The Morgan fingerprint density at radius 1 is 0.607 bits per heavy atom. The summed E-state index contributed by atoms with van der Waals surface area (Å²) in [7, 11) is 0. The molecule has 136 valence electrons. The Morgan fingerprint density at radius 3 is 2.14 bits per heavy atom. The molecule has 0 radical (unpaired) electrons. The number of benzene rings is 4. The molecule has 0 heterocycles. The summed E-state index contributed by atoms with van der Waals surface area (Å²) in [5, 5.41) is 3.54.